The van der Waals surface area contributed by atoms with Gasteiger partial charge in [-0.15, -0.1) is 10.2 Å². The maximum absolute atomic E-state index is 12.1. The van der Waals surface area contributed by atoms with Crippen molar-refractivity contribution in [2.75, 3.05) is 31.1 Å². The summed E-state index contributed by atoms with van der Waals surface area (Å²) in [6.45, 7) is 9.48. The summed E-state index contributed by atoms with van der Waals surface area (Å²) in [4.78, 5) is 37.0. The normalized spacial score (nSPS) is 14.9. The number of tetrazole rings is 1. The average molecular weight is 388 g/mol. The number of ketones is 1. The van der Waals surface area contributed by atoms with Crippen LogP contribution >= 0.6 is 0 Å². The van der Waals surface area contributed by atoms with E-state index in [1.807, 2.05) is 20.8 Å². The Bertz CT molecular complexity index is 835. The van der Waals surface area contributed by atoms with Crippen LogP contribution in [0.5, 0.6) is 0 Å². The molecule has 3 heterocycles. The monoisotopic (exact) mass is 388 g/mol. The van der Waals surface area contributed by atoms with Gasteiger partial charge < -0.3 is 14.5 Å². The Morgan fingerprint density at radius 1 is 1.11 bits per heavy atom. The Kier molecular flexibility index (Phi) is 5.52. The predicted molar refractivity (Wildman–Crippen MR) is 99.5 cm³/mol. The standard InChI is InChI=1S/C17H24N8O3/c1-12(26)11-25-21-15(20-22-25)13-9-19-14(10-18-13)23-5-7-24(8-6-23)16(27)28-17(2,3)4/h9-10H,5-8,11H2,1-4H3. The first-order valence-electron chi connectivity index (χ1n) is 9.04. The van der Waals surface area contributed by atoms with E-state index < -0.39 is 5.60 Å². The van der Waals surface area contributed by atoms with Gasteiger partial charge >= 0.3 is 6.09 Å². The number of carbonyl (C=O) groups is 2. The highest BCUT2D eigenvalue weighted by molar-refractivity contribution is 5.75. The number of anilines is 1. The predicted octanol–water partition coefficient (Wildman–Crippen LogP) is 0.776. The highest BCUT2D eigenvalue weighted by Gasteiger charge is 2.26. The highest BCUT2D eigenvalue weighted by atomic mass is 16.6. The SMILES string of the molecule is CC(=O)Cn1nnc(-c2cnc(N3CCN(C(=O)OC(C)(C)C)CC3)cn2)n1. The summed E-state index contributed by atoms with van der Waals surface area (Å²) in [5, 5.41) is 11.8. The molecule has 0 N–H and O–H groups in total. The Balaban J connectivity index is 1.58. The average Bonchev–Trinajstić information content (AvgIpc) is 3.08. The number of nitrogens with zero attached hydrogens (tertiary/aromatic N) is 8. The van der Waals surface area contributed by atoms with E-state index in [0.29, 0.717) is 43.5 Å². The summed E-state index contributed by atoms with van der Waals surface area (Å²) in [6.07, 6.45) is 2.92. The molecular weight excluding hydrogens is 364 g/mol. The summed E-state index contributed by atoms with van der Waals surface area (Å²) in [5.74, 6) is 0.967. The number of piperazine rings is 1. The van der Waals surface area contributed by atoms with Crippen molar-refractivity contribution in [2.45, 2.75) is 39.8 Å². The Hall–Kier alpha value is -3.11. The highest BCUT2D eigenvalue weighted by Crippen LogP contribution is 2.17. The van der Waals surface area contributed by atoms with Gasteiger partial charge in [-0.25, -0.2) is 14.8 Å². The first kappa shape index (κ1) is 19.6. The second-order valence-electron chi connectivity index (χ2n) is 7.56. The molecule has 28 heavy (non-hydrogen) atoms. The molecule has 1 aliphatic rings. The lowest BCUT2D eigenvalue weighted by Gasteiger charge is -2.36. The van der Waals surface area contributed by atoms with Gasteiger partial charge in [-0.3, -0.25) is 4.79 Å². The lowest BCUT2D eigenvalue weighted by Crippen LogP contribution is -2.50. The summed E-state index contributed by atoms with van der Waals surface area (Å²) in [5.41, 5.74) is -0.0264. The molecule has 0 saturated carbocycles. The largest absolute Gasteiger partial charge is 0.444 e. The topological polar surface area (TPSA) is 119 Å². The molecule has 1 aliphatic heterocycles. The minimum atomic E-state index is -0.504. The fraction of sp³-hybridized carbons (Fsp3) is 0.588. The Morgan fingerprint density at radius 3 is 2.39 bits per heavy atom. The van der Waals surface area contributed by atoms with E-state index in [9.17, 15) is 9.59 Å². The number of rotatable bonds is 4. The van der Waals surface area contributed by atoms with Crippen molar-refractivity contribution in [3.63, 3.8) is 0 Å². The van der Waals surface area contributed by atoms with Gasteiger partial charge in [0.25, 0.3) is 0 Å². The zero-order chi connectivity index (χ0) is 20.3. The van der Waals surface area contributed by atoms with Crippen LogP contribution in [0.3, 0.4) is 0 Å². The number of aromatic nitrogens is 6. The second kappa shape index (κ2) is 7.87. The van der Waals surface area contributed by atoms with Crippen molar-refractivity contribution >= 4 is 17.7 Å². The molecule has 0 bridgehead atoms. The number of Topliss-reactive ketones (excluding diaryl/α,β-unsaturated/α-hetero) is 1. The Morgan fingerprint density at radius 2 is 1.82 bits per heavy atom. The van der Waals surface area contributed by atoms with Gasteiger partial charge in [0.15, 0.2) is 5.78 Å². The van der Waals surface area contributed by atoms with Crippen LogP contribution in [0, 0.1) is 0 Å². The van der Waals surface area contributed by atoms with Crippen LogP contribution < -0.4 is 4.90 Å². The molecule has 0 radical (unpaired) electrons. The first-order valence-corrected chi connectivity index (χ1v) is 9.04. The second-order valence-corrected chi connectivity index (χ2v) is 7.56. The van der Waals surface area contributed by atoms with Crippen LogP contribution in [-0.4, -0.2) is 78.7 Å². The molecule has 0 aliphatic carbocycles. The van der Waals surface area contributed by atoms with Gasteiger partial charge in [0.2, 0.25) is 5.82 Å². The number of carbonyl (C=O) groups excluding carboxylic acids is 2. The third kappa shape index (κ3) is 4.99. The minimum absolute atomic E-state index is 0.0593. The number of hydrogen-bond acceptors (Lipinski definition) is 9. The van der Waals surface area contributed by atoms with Crippen LogP contribution in [0.1, 0.15) is 27.7 Å². The van der Waals surface area contributed by atoms with Crippen LogP contribution in [0.15, 0.2) is 12.4 Å². The Labute approximate surface area is 162 Å². The summed E-state index contributed by atoms with van der Waals surface area (Å²) in [6, 6.07) is 0. The first-order chi connectivity index (χ1) is 13.2. The smallest absolute Gasteiger partial charge is 0.410 e. The molecule has 150 valence electrons. The van der Waals surface area contributed by atoms with Crippen molar-refractivity contribution < 1.29 is 14.3 Å². The van der Waals surface area contributed by atoms with E-state index in [0.717, 1.165) is 0 Å². The maximum Gasteiger partial charge on any atom is 0.410 e. The third-order valence-electron chi connectivity index (χ3n) is 3.94. The molecule has 0 aromatic carbocycles. The van der Waals surface area contributed by atoms with Crippen LogP contribution in [0.4, 0.5) is 10.6 Å². The zero-order valence-corrected chi connectivity index (χ0v) is 16.5. The number of amides is 1. The summed E-state index contributed by atoms with van der Waals surface area (Å²) < 4.78 is 5.41. The molecule has 0 spiro atoms. The minimum Gasteiger partial charge on any atom is -0.444 e. The van der Waals surface area contributed by atoms with E-state index >= 15 is 0 Å². The molecule has 1 fully saturated rings. The molecule has 2 aromatic rings. The maximum atomic E-state index is 12.1. The van der Waals surface area contributed by atoms with E-state index in [1.165, 1.54) is 11.7 Å². The molecular formula is C17H24N8O3. The van der Waals surface area contributed by atoms with E-state index in [1.54, 1.807) is 17.3 Å². The molecule has 0 atom stereocenters. The van der Waals surface area contributed by atoms with Gasteiger partial charge in [-0.2, -0.15) is 4.80 Å². The molecule has 1 amide bonds. The number of hydrogen-bond donors (Lipinski definition) is 0. The van der Waals surface area contributed by atoms with Gasteiger partial charge in [0, 0.05) is 26.2 Å². The molecule has 2 aromatic heterocycles. The quantitative estimate of drug-likeness (QED) is 0.748. The zero-order valence-electron chi connectivity index (χ0n) is 16.5. The van der Waals surface area contributed by atoms with Gasteiger partial charge in [0.1, 0.15) is 23.7 Å². The molecule has 1 saturated heterocycles. The lowest BCUT2D eigenvalue weighted by molar-refractivity contribution is -0.117. The van der Waals surface area contributed by atoms with E-state index in [4.69, 9.17) is 4.74 Å². The van der Waals surface area contributed by atoms with Crippen molar-refractivity contribution in [3.05, 3.63) is 12.4 Å². The van der Waals surface area contributed by atoms with E-state index in [2.05, 4.69) is 30.3 Å². The van der Waals surface area contributed by atoms with Crippen molar-refractivity contribution in [2.24, 2.45) is 0 Å². The van der Waals surface area contributed by atoms with Crippen molar-refractivity contribution in [1.29, 1.82) is 0 Å². The number of ether oxygens (including phenoxy) is 1. The molecule has 3 rings (SSSR count). The van der Waals surface area contributed by atoms with Gasteiger partial charge in [0.05, 0.1) is 12.4 Å². The fourth-order valence-electron chi connectivity index (χ4n) is 2.66. The van der Waals surface area contributed by atoms with E-state index in [-0.39, 0.29) is 18.4 Å². The van der Waals surface area contributed by atoms with Crippen LogP contribution in [-0.2, 0) is 16.1 Å². The van der Waals surface area contributed by atoms with Crippen LogP contribution in [0.2, 0.25) is 0 Å². The summed E-state index contributed by atoms with van der Waals surface area (Å²) in [7, 11) is 0. The fourth-order valence-corrected chi connectivity index (χ4v) is 2.66. The molecule has 11 nitrogen and oxygen atoms in total. The lowest BCUT2D eigenvalue weighted by atomic mass is 10.2. The molecule has 0 unspecified atom stereocenters. The summed E-state index contributed by atoms with van der Waals surface area (Å²) >= 11 is 0. The van der Waals surface area contributed by atoms with Crippen molar-refractivity contribution in [3.8, 4) is 11.5 Å². The van der Waals surface area contributed by atoms with Crippen LogP contribution in [0.25, 0.3) is 11.5 Å². The van der Waals surface area contributed by atoms with Gasteiger partial charge in [-0.1, -0.05) is 0 Å². The third-order valence-corrected chi connectivity index (χ3v) is 3.94. The van der Waals surface area contributed by atoms with Gasteiger partial charge in [-0.05, 0) is 32.9 Å². The molecule has 11 heteroatoms. The van der Waals surface area contributed by atoms with Crippen molar-refractivity contribution in [1.82, 2.24) is 35.1 Å².